The Kier molecular flexibility index (Phi) is 6.33. The monoisotopic (exact) mass is 220 g/mol. The molecule has 0 bridgehead atoms. The van der Waals surface area contributed by atoms with E-state index < -0.39 is 5.97 Å². The van der Waals surface area contributed by atoms with Crippen LogP contribution in [-0.2, 0) is 11.2 Å². The van der Waals surface area contributed by atoms with Gasteiger partial charge in [0, 0.05) is 12.4 Å². The van der Waals surface area contributed by atoms with Crippen LogP contribution in [0, 0.1) is 0 Å². The molecule has 0 amide bonds. The number of aliphatic carboxylic acids is 1. The van der Waals surface area contributed by atoms with Crippen LogP contribution in [0.15, 0.2) is 30.3 Å². The van der Waals surface area contributed by atoms with Gasteiger partial charge < -0.3 is 9.90 Å². The number of carboxylic acid groups (broad SMARTS) is 1. The molecular weight excluding hydrogens is 214 g/mol. The van der Waals surface area contributed by atoms with Gasteiger partial charge in [0.1, 0.15) is 0 Å². The van der Waals surface area contributed by atoms with E-state index in [1.807, 2.05) is 6.07 Å². The van der Waals surface area contributed by atoms with Crippen molar-refractivity contribution in [3.8, 4) is 0 Å². The third-order valence-corrected chi connectivity index (χ3v) is 1.19. The summed E-state index contributed by atoms with van der Waals surface area (Å²) in [4.78, 5) is 10.1. The van der Waals surface area contributed by atoms with Crippen molar-refractivity contribution in [2.24, 2.45) is 0 Å². The summed E-state index contributed by atoms with van der Waals surface area (Å²) in [7, 11) is 0. The molecule has 0 N–H and O–H groups in total. The van der Waals surface area contributed by atoms with Gasteiger partial charge in [-0.2, -0.15) is 0 Å². The minimum atomic E-state index is -1.04. The van der Waals surface area contributed by atoms with Crippen LogP contribution in [0.2, 0.25) is 0 Å². The quantitative estimate of drug-likeness (QED) is 0.533. The van der Waals surface area contributed by atoms with Crippen LogP contribution in [0.3, 0.4) is 0 Å². The van der Waals surface area contributed by atoms with Gasteiger partial charge in [-0.05, 0) is 5.56 Å². The van der Waals surface area contributed by atoms with Gasteiger partial charge in [0.15, 0.2) is 0 Å². The molecule has 0 aliphatic heterocycles. The average molecular weight is 221 g/mol. The fourth-order valence-corrected chi connectivity index (χ4v) is 0.763. The smallest absolute Gasteiger partial charge is 0.550 e. The van der Waals surface area contributed by atoms with E-state index in [0.29, 0.717) is 0 Å². The molecule has 0 aliphatic rings. The van der Waals surface area contributed by atoms with Crippen molar-refractivity contribution in [1.29, 1.82) is 0 Å². The molecule has 52 valence electrons. The molecule has 0 heterocycles. The zero-order chi connectivity index (χ0) is 7.40. The molecule has 1 aromatic rings. The van der Waals surface area contributed by atoms with Crippen LogP contribution in [0.25, 0.3) is 0 Å². The zero-order valence-corrected chi connectivity index (χ0v) is 11.3. The summed E-state index contributed by atoms with van der Waals surface area (Å²) in [6.45, 7) is 0. The number of rotatable bonds is 2. The summed E-state index contributed by atoms with van der Waals surface area (Å²) < 4.78 is 0. The first-order chi connectivity index (χ1) is 4.79. The normalized spacial score (nSPS) is 8.36. The van der Waals surface area contributed by atoms with E-state index in [1.54, 1.807) is 24.3 Å². The van der Waals surface area contributed by atoms with Crippen molar-refractivity contribution in [2.75, 3.05) is 0 Å². The fraction of sp³-hybridized carbons (Fsp3) is 0.125. The summed E-state index contributed by atoms with van der Waals surface area (Å²) in [5, 5.41) is 10.1. The van der Waals surface area contributed by atoms with Crippen molar-refractivity contribution in [1.82, 2.24) is 0 Å². The van der Waals surface area contributed by atoms with E-state index in [9.17, 15) is 9.90 Å². The molecule has 0 saturated heterocycles. The topological polar surface area (TPSA) is 40.1 Å². The van der Waals surface area contributed by atoms with Crippen molar-refractivity contribution in [2.45, 2.75) is 6.42 Å². The number of carbonyl (C=O) groups excluding carboxylic acids is 1. The number of hydrogen-bond acceptors (Lipinski definition) is 2. The van der Waals surface area contributed by atoms with E-state index in [2.05, 4.69) is 0 Å². The largest absolute Gasteiger partial charge is 1.00 e. The maximum absolute atomic E-state index is 10.1. The van der Waals surface area contributed by atoms with Gasteiger partial charge >= 0.3 is 58.2 Å². The van der Waals surface area contributed by atoms with Crippen molar-refractivity contribution in [3.05, 3.63) is 35.9 Å². The average Bonchev–Trinajstić information content (AvgIpc) is 1.88. The first kappa shape index (κ1) is 11.5. The van der Waals surface area contributed by atoms with Crippen molar-refractivity contribution in [3.63, 3.8) is 0 Å². The second-order valence-electron chi connectivity index (χ2n) is 2.03. The van der Waals surface area contributed by atoms with Crippen LogP contribution in [0.4, 0.5) is 0 Å². The molecule has 0 spiro atoms. The van der Waals surface area contributed by atoms with Gasteiger partial charge in [0.2, 0.25) is 0 Å². The number of hydrogen-bond donors (Lipinski definition) is 0. The van der Waals surface area contributed by atoms with Gasteiger partial charge in [-0.1, -0.05) is 30.3 Å². The predicted octanol–water partition coefficient (Wildman–Crippen LogP) is -3.02. The Hall–Kier alpha value is 0.495. The Balaban J connectivity index is 0.000001000. The van der Waals surface area contributed by atoms with Crippen molar-refractivity contribution >= 4 is 5.97 Å². The van der Waals surface area contributed by atoms with E-state index in [4.69, 9.17) is 0 Å². The summed E-state index contributed by atoms with van der Waals surface area (Å²) >= 11 is 0. The Morgan fingerprint density at radius 2 is 1.82 bits per heavy atom. The Labute approximate surface area is 114 Å². The van der Waals surface area contributed by atoms with Gasteiger partial charge in [0.25, 0.3) is 0 Å². The molecule has 0 saturated carbocycles. The molecule has 0 fully saturated rings. The van der Waals surface area contributed by atoms with E-state index in [1.165, 1.54) is 0 Å². The van der Waals surface area contributed by atoms with Crippen LogP contribution in [0.5, 0.6) is 0 Å². The number of carbonyl (C=O) groups is 1. The molecule has 2 nitrogen and oxygen atoms in total. The Bertz CT molecular complexity index is 221. The molecule has 1 aromatic carbocycles. The molecule has 3 heteroatoms. The van der Waals surface area contributed by atoms with Crippen molar-refractivity contribution < 1.29 is 68.1 Å². The van der Waals surface area contributed by atoms with E-state index in [-0.39, 0.29) is 64.6 Å². The minimum Gasteiger partial charge on any atom is -0.550 e. The number of carboxylic acids is 1. The summed E-state index contributed by atoms with van der Waals surface area (Å²) in [6.07, 6.45) is 0.000833. The van der Waals surface area contributed by atoms with Crippen LogP contribution in [0.1, 0.15) is 5.56 Å². The first-order valence-corrected chi connectivity index (χ1v) is 3.03. The van der Waals surface area contributed by atoms with Gasteiger partial charge in [-0.15, -0.1) is 0 Å². The third-order valence-electron chi connectivity index (χ3n) is 1.19. The maximum atomic E-state index is 10.1. The van der Waals surface area contributed by atoms with Crippen LogP contribution < -0.4 is 63.3 Å². The Morgan fingerprint density at radius 1 is 1.27 bits per heavy atom. The first-order valence-electron chi connectivity index (χ1n) is 3.03. The van der Waals surface area contributed by atoms with Gasteiger partial charge in [-0.3, -0.25) is 0 Å². The van der Waals surface area contributed by atoms with Gasteiger partial charge in [0.05, 0.1) is 0 Å². The Morgan fingerprint density at radius 3 is 2.27 bits per heavy atom. The molecular formula is C8H7O2Rb. The maximum Gasteiger partial charge on any atom is 1.00 e. The second kappa shape index (κ2) is 6.06. The van der Waals surface area contributed by atoms with E-state index >= 15 is 0 Å². The molecule has 0 aromatic heterocycles. The summed E-state index contributed by atoms with van der Waals surface area (Å²) in [5.41, 5.74) is 0.780. The molecule has 0 unspecified atom stereocenters. The van der Waals surface area contributed by atoms with Crippen LogP contribution in [-0.4, -0.2) is 5.97 Å². The molecule has 1 rings (SSSR count). The summed E-state index contributed by atoms with van der Waals surface area (Å²) in [6, 6.07) is 8.97. The molecule has 0 radical (unpaired) electrons. The predicted molar refractivity (Wildman–Crippen MR) is 35.2 cm³/mol. The SMILES string of the molecule is O=C([O-])Cc1ccccc1.[Rb+]. The molecule has 0 aliphatic carbocycles. The van der Waals surface area contributed by atoms with Crippen LogP contribution >= 0.6 is 0 Å². The number of benzene rings is 1. The minimum absolute atomic E-state index is 0. The zero-order valence-electron chi connectivity index (χ0n) is 6.41. The molecule has 11 heavy (non-hydrogen) atoms. The summed E-state index contributed by atoms with van der Waals surface area (Å²) in [5.74, 6) is -1.04. The fourth-order valence-electron chi connectivity index (χ4n) is 0.763. The third kappa shape index (κ3) is 4.85. The molecule has 0 atom stereocenters. The second-order valence-corrected chi connectivity index (χ2v) is 2.03. The standard InChI is InChI=1S/C8H8O2.Rb/c9-8(10)6-7-4-2-1-3-5-7;/h1-5H,6H2,(H,9,10);/q;+1/p-1. The van der Waals surface area contributed by atoms with Gasteiger partial charge in [-0.25, -0.2) is 0 Å². The van der Waals surface area contributed by atoms with E-state index in [0.717, 1.165) is 5.56 Å².